The van der Waals surface area contributed by atoms with Crippen molar-refractivity contribution in [3.8, 4) is 0 Å². The van der Waals surface area contributed by atoms with Crippen LogP contribution in [0.25, 0.3) is 21.9 Å². The summed E-state index contributed by atoms with van der Waals surface area (Å²) >= 11 is 0. The molecule has 0 aliphatic carbocycles. The van der Waals surface area contributed by atoms with Crippen LogP contribution < -0.4 is 0 Å². The lowest BCUT2D eigenvalue weighted by Crippen LogP contribution is -1.97. The van der Waals surface area contributed by atoms with Crippen molar-refractivity contribution in [3.05, 3.63) is 47.5 Å². The summed E-state index contributed by atoms with van der Waals surface area (Å²) in [4.78, 5) is 0. The van der Waals surface area contributed by atoms with Crippen LogP contribution in [0.1, 0.15) is 30.9 Å². The average Bonchev–Trinajstić information content (AvgIpc) is 2.83. The molecule has 3 rings (SSSR count). The molecule has 0 aliphatic rings. The van der Waals surface area contributed by atoms with Crippen LogP contribution in [0, 0.1) is 0 Å². The third-order valence-electron chi connectivity index (χ3n) is 3.81. The second kappa shape index (κ2) is 4.71. The molecular weight excluding hydrogens is 236 g/mol. The molecular formula is C17H18O2. The number of fused-ring (bicyclic) bond motifs is 3. The number of aliphatic hydroxyl groups excluding tert-OH is 1. The average molecular weight is 254 g/mol. The molecule has 0 saturated heterocycles. The predicted molar refractivity (Wildman–Crippen MR) is 78.6 cm³/mol. The lowest BCUT2D eigenvalue weighted by atomic mass is 9.99. The van der Waals surface area contributed by atoms with Crippen molar-refractivity contribution in [3.63, 3.8) is 0 Å². The van der Waals surface area contributed by atoms with Crippen molar-refractivity contribution in [1.82, 2.24) is 0 Å². The largest absolute Gasteiger partial charge is 0.456 e. The molecule has 0 radical (unpaired) electrons. The summed E-state index contributed by atoms with van der Waals surface area (Å²) in [6, 6.07) is 12.5. The van der Waals surface area contributed by atoms with Crippen LogP contribution in [0.3, 0.4) is 0 Å². The van der Waals surface area contributed by atoms with E-state index in [-0.39, 0.29) is 12.5 Å². The summed E-state index contributed by atoms with van der Waals surface area (Å²) in [6.07, 6.45) is 1.02. The molecule has 0 amide bonds. The van der Waals surface area contributed by atoms with E-state index in [2.05, 4.69) is 25.1 Å². The Morgan fingerprint density at radius 3 is 2.42 bits per heavy atom. The summed E-state index contributed by atoms with van der Waals surface area (Å²) in [5.74, 6) is 0.156. The number of aryl methyl sites for hydroxylation is 1. The van der Waals surface area contributed by atoms with E-state index in [9.17, 15) is 5.11 Å². The highest BCUT2D eigenvalue weighted by molar-refractivity contribution is 6.05. The Balaban J connectivity index is 2.27. The fourth-order valence-corrected chi connectivity index (χ4v) is 2.47. The van der Waals surface area contributed by atoms with Gasteiger partial charge in [-0.15, -0.1) is 0 Å². The van der Waals surface area contributed by atoms with Gasteiger partial charge in [0.25, 0.3) is 0 Å². The maximum Gasteiger partial charge on any atom is 0.135 e. The number of benzene rings is 2. The summed E-state index contributed by atoms with van der Waals surface area (Å²) in [7, 11) is 0. The minimum Gasteiger partial charge on any atom is -0.456 e. The highest BCUT2D eigenvalue weighted by Gasteiger charge is 2.10. The van der Waals surface area contributed by atoms with Gasteiger partial charge in [0.05, 0.1) is 0 Å². The first kappa shape index (κ1) is 12.2. The van der Waals surface area contributed by atoms with Crippen LogP contribution in [-0.2, 0) is 6.42 Å². The van der Waals surface area contributed by atoms with Gasteiger partial charge in [-0.2, -0.15) is 0 Å². The van der Waals surface area contributed by atoms with Gasteiger partial charge in [0.15, 0.2) is 0 Å². The van der Waals surface area contributed by atoms with Crippen molar-refractivity contribution in [1.29, 1.82) is 0 Å². The molecule has 2 nitrogen and oxygen atoms in total. The first-order valence-electron chi connectivity index (χ1n) is 6.79. The SMILES string of the molecule is CCc1ccc2oc3ccc(C(C)CO)cc3c2c1. The molecule has 1 N–H and O–H groups in total. The number of hydrogen-bond acceptors (Lipinski definition) is 2. The van der Waals surface area contributed by atoms with Crippen LogP contribution in [0.2, 0.25) is 0 Å². The van der Waals surface area contributed by atoms with Gasteiger partial charge in [0.2, 0.25) is 0 Å². The van der Waals surface area contributed by atoms with Gasteiger partial charge >= 0.3 is 0 Å². The maximum atomic E-state index is 9.28. The Kier molecular flexibility index (Phi) is 3.03. The Morgan fingerprint density at radius 2 is 1.74 bits per heavy atom. The quantitative estimate of drug-likeness (QED) is 0.758. The van der Waals surface area contributed by atoms with E-state index < -0.39 is 0 Å². The van der Waals surface area contributed by atoms with Crippen LogP contribution in [0.5, 0.6) is 0 Å². The minimum absolute atomic E-state index is 0.156. The molecule has 0 aliphatic heterocycles. The molecule has 1 heterocycles. The third kappa shape index (κ3) is 2.02. The van der Waals surface area contributed by atoms with Crippen molar-refractivity contribution < 1.29 is 9.52 Å². The maximum absolute atomic E-state index is 9.28. The Hall–Kier alpha value is -1.80. The van der Waals surface area contributed by atoms with Crippen molar-refractivity contribution in [2.24, 2.45) is 0 Å². The number of aliphatic hydroxyl groups is 1. The van der Waals surface area contributed by atoms with Crippen molar-refractivity contribution in [2.75, 3.05) is 6.61 Å². The zero-order chi connectivity index (χ0) is 13.4. The summed E-state index contributed by atoms with van der Waals surface area (Å²) in [6.45, 7) is 4.35. The predicted octanol–water partition coefficient (Wildman–Crippen LogP) is 4.24. The standard InChI is InChI=1S/C17H18O2/c1-3-12-4-6-16-14(8-12)15-9-13(11(2)10-18)5-7-17(15)19-16/h4-9,11,18H,3,10H2,1-2H3. The van der Waals surface area contributed by atoms with E-state index in [1.54, 1.807) is 0 Å². The zero-order valence-electron chi connectivity index (χ0n) is 11.3. The molecule has 0 spiro atoms. The van der Waals surface area contributed by atoms with E-state index in [0.717, 1.165) is 28.5 Å². The highest BCUT2D eigenvalue weighted by Crippen LogP contribution is 2.31. The van der Waals surface area contributed by atoms with Crippen LogP contribution in [0.4, 0.5) is 0 Å². The zero-order valence-corrected chi connectivity index (χ0v) is 11.3. The molecule has 1 unspecified atom stereocenters. The highest BCUT2D eigenvalue weighted by atomic mass is 16.3. The topological polar surface area (TPSA) is 33.4 Å². The fraction of sp³-hybridized carbons (Fsp3) is 0.294. The molecule has 2 aromatic carbocycles. The Bertz CT molecular complexity index is 725. The van der Waals surface area contributed by atoms with Crippen LogP contribution in [-0.4, -0.2) is 11.7 Å². The fourth-order valence-electron chi connectivity index (χ4n) is 2.47. The van der Waals surface area contributed by atoms with E-state index in [1.807, 2.05) is 25.1 Å². The summed E-state index contributed by atoms with van der Waals surface area (Å²) in [5.41, 5.74) is 4.31. The molecule has 2 heteroatoms. The first-order valence-corrected chi connectivity index (χ1v) is 6.79. The monoisotopic (exact) mass is 254 g/mol. The number of rotatable bonds is 3. The minimum atomic E-state index is 0.156. The van der Waals surface area contributed by atoms with Gasteiger partial charge in [-0.25, -0.2) is 0 Å². The van der Waals surface area contributed by atoms with Gasteiger partial charge in [0, 0.05) is 23.3 Å². The molecule has 0 saturated carbocycles. The Labute approximate surface area is 112 Å². The number of furan rings is 1. The number of hydrogen-bond donors (Lipinski definition) is 1. The second-order valence-corrected chi connectivity index (χ2v) is 5.13. The lowest BCUT2D eigenvalue weighted by molar-refractivity contribution is 0.273. The van der Waals surface area contributed by atoms with E-state index in [4.69, 9.17) is 4.42 Å². The van der Waals surface area contributed by atoms with E-state index >= 15 is 0 Å². The smallest absolute Gasteiger partial charge is 0.135 e. The van der Waals surface area contributed by atoms with Crippen molar-refractivity contribution >= 4 is 21.9 Å². The molecule has 1 aromatic heterocycles. The molecule has 1 atom stereocenters. The van der Waals surface area contributed by atoms with Crippen LogP contribution >= 0.6 is 0 Å². The van der Waals surface area contributed by atoms with Crippen molar-refractivity contribution in [2.45, 2.75) is 26.2 Å². The van der Waals surface area contributed by atoms with E-state index in [1.165, 1.54) is 10.9 Å². The van der Waals surface area contributed by atoms with Gasteiger partial charge in [-0.05, 0) is 41.8 Å². The molecule has 98 valence electrons. The first-order chi connectivity index (χ1) is 9.22. The second-order valence-electron chi connectivity index (χ2n) is 5.13. The Morgan fingerprint density at radius 1 is 1.05 bits per heavy atom. The van der Waals surface area contributed by atoms with Gasteiger partial charge in [0.1, 0.15) is 11.2 Å². The summed E-state index contributed by atoms with van der Waals surface area (Å²) < 4.78 is 5.86. The van der Waals surface area contributed by atoms with Crippen LogP contribution in [0.15, 0.2) is 40.8 Å². The van der Waals surface area contributed by atoms with Gasteiger partial charge in [-0.1, -0.05) is 26.0 Å². The molecule has 3 aromatic rings. The molecule has 19 heavy (non-hydrogen) atoms. The summed E-state index contributed by atoms with van der Waals surface area (Å²) in [5, 5.41) is 11.6. The molecule has 0 bridgehead atoms. The third-order valence-corrected chi connectivity index (χ3v) is 3.81. The molecule has 0 fully saturated rings. The normalized spacial score (nSPS) is 13.2. The van der Waals surface area contributed by atoms with Gasteiger partial charge < -0.3 is 9.52 Å². The lowest BCUT2D eigenvalue weighted by Gasteiger charge is -2.07. The van der Waals surface area contributed by atoms with Gasteiger partial charge in [-0.3, -0.25) is 0 Å². The van der Waals surface area contributed by atoms with E-state index in [0.29, 0.717) is 0 Å².